The maximum atomic E-state index is 13.3. The van der Waals surface area contributed by atoms with Gasteiger partial charge in [0.2, 0.25) is 11.8 Å². The molecule has 2 aromatic carbocycles. The third-order valence-electron chi connectivity index (χ3n) is 7.38. The maximum absolute atomic E-state index is 13.3. The van der Waals surface area contributed by atoms with E-state index in [4.69, 9.17) is 4.74 Å². The Morgan fingerprint density at radius 2 is 1.61 bits per heavy atom. The summed E-state index contributed by atoms with van der Waals surface area (Å²) < 4.78 is 5.13. The number of nitrogens with one attached hydrogen (secondary N) is 1. The van der Waals surface area contributed by atoms with Crippen LogP contribution in [0.5, 0.6) is 5.75 Å². The van der Waals surface area contributed by atoms with Gasteiger partial charge in [0.15, 0.2) is 0 Å². The summed E-state index contributed by atoms with van der Waals surface area (Å²) in [7, 11) is 1.58. The molecule has 2 aromatic rings. The van der Waals surface area contributed by atoms with Gasteiger partial charge in [0.1, 0.15) is 5.75 Å². The van der Waals surface area contributed by atoms with Crippen LogP contribution in [0, 0.1) is 35.5 Å². The van der Waals surface area contributed by atoms with Crippen LogP contribution < -0.4 is 15.0 Å². The van der Waals surface area contributed by atoms with Crippen molar-refractivity contribution in [1.82, 2.24) is 0 Å². The highest BCUT2D eigenvalue weighted by molar-refractivity contribution is 6.23. The highest BCUT2D eigenvalue weighted by Gasteiger charge is 2.67. The molecule has 5 aliphatic rings. The standard InChI is InChI=1S/C25H22N2O4/c1-31-16-7-5-14(6-8-16)26-23(28)13-3-2-4-15(11-13)27-24(29)21-17-9-10-18(20-12-19(17)20)22(21)25(27)30/h2-11,17-22H,12H2,1H3,(H,26,28)/t17-,18-,19-,20-,21-,22+/m1/s1. The van der Waals surface area contributed by atoms with Gasteiger partial charge in [-0.25, -0.2) is 4.90 Å². The van der Waals surface area contributed by atoms with Crippen molar-refractivity contribution in [3.05, 3.63) is 66.2 Å². The molecule has 156 valence electrons. The van der Waals surface area contributed by atoms with Gasteiger partial charge in [-0.2, -0.15) is 0 Å². The summed E-state index contributed by atoms with van der Waals surface area (Å²) in [6.45, 7) is 0. The van der Waals surface area contributed by atoms with Gasteiger partial charge in [0.25, 0.3) is 5.91 Å². The molecule has 1 aliphatic heterocycles. The van der Waals surface area contributed by atoms with Crippen molar-refractivity contribution in [2.24, 2.45) is 35.5 Å². The Hall–Kier alpha value is -3.41. The molecule has 3 amide bonds. The van der Waals surface area contributed by atoms with Gasteiger partial charge in [-0.1, -0.05) is 18.2 Å². The van der Waals surface area contributed by atoms with Crippen molar-refractivity contribution >= 4 is 29.1 Å². The molecule has 1 saturated heterocycles. The van der Waals surface area contributed by atoms with Gasteiger partial charge in [-0.3, -0.25) is 14.4 Å². The number of nitrogens with zero attached hydrogens (tertiary/aromatic N) is 1. The van der Waals surface area contributed by atoms with Crippen LogP contribution in [0.1, 0.15) is 16.8 Å². The molecule has 6 heteroatoms. The molecule has 0 spiro atoms. The SMILES string of the molecule is COc1ccc(NC(=O)c2cccc(N3C(=O)[C@@H]4[C@@H]5C=C[C@H]([C@H]6C[C@H]56)[C@@H]4C3=O)c2)cc1. The molecule has 0 unspecified atom stereocenters. The summed E-state index contributed by atoms with van der Waals surface area (Å²) in [6, 6.07) is 13.8. The van der Waals surface area contributed by atoms with E-state index >= 15 is 0 Å². The Labute approximate surface area is 179 Å². The Morgan fingerprint density at radius 1 is 0.968 bits per heavy atom. The number of anilines is 2. The second kappa shape index (κ2) is 6.54. The van der Waals surface area contributed by atoms with Crippen molar-refractivity contribution in [1.29, 1.82) is 0 Å². The molecular weight excluding hydrogens is 392 g/mol. The molecule has 7 rings (SSSR count). The average molecular weight is 414 g/mol. The zero-order valence-electron chi connectivity index (χ0n) is 17.0. The molecule has 4 aliphatic carbocycles. The number of allylic oxidation sites excluding steroid dienone is 2. The molecule has 2 bridgehead atoms. The molecule has 1 N–H and O–H groups in total. The fraction of sp³-hybridized carbons (Fsp3) is 0.320. The van der Waals surface area contributed by atoms with Crippen LogP contribution in [0.25, 0.3) is 0 Å². The minimum atomic E-state index is -0.300. The monoisotopic (exact) mass is 414 g/mol. The lowest BCUT2D eigenvalue weighted by Gasteiger charge is -2.37. The summed E-state index contributed by atoms with van der Waals surface area (Å²) >= 11 is 0. The summed E-state index contributed by atoms with van der Waals surface area (Å²) in [5.74, 6) is 1.17. The first-order chi connectivity index (χ1) is 15.1. The Kier molecular flexibility index (Phi) is 3.88. The minimum Gasteiger partial charge on any atom is -0.497 e. The van der Waals surface area contributed by atoms with Crippen molar-refractivity contribution < 1.29 is 19.1 Å². The highest BCUT2D eigenvalue weighted by Crippen LogP contribution is 2.65. The summed E-state index contributed by atoms with van der Waals surface area (Å²) in [4.78, 5) is 40.7. The van der Waals surface area contributed by atoms with Gasteiger partial charge >= 0.3 is 0 Å². The lowest BCUT2D eigenvalue weighted by molar-refractivity contribution is -0.124. The van der Waals surface area contributed by atoms with E-state index in [9.17, 15) is 14.4 Å². The smallest absolute Gasteiger partial charge is 0.255 e. The van der Waals surface area contributed by atoms with Gasteiger partial charge in [0, 0.05) is 11.3 Å². The van der Waals surface area contributed by atoms with Gasteiger partial charge < -0.3 is 10.1 Å². The summed E-state index contributed by atoms with van der Waals surface area (Å²) in [5.41, 5.74) is 1.50. The first kappa shape index (κ1) is 18.4. The molecule has 6 nitrogen and oxygen atoms in total. The van der Waals surface area contributed by atoms with Crippen LogP contribution in [-0.4, -0.2) is 24.8 Å². The molecule has 1 heterocycles. The Bertz CT molecular complexity index is 1100. The van der Waals surface area contributed by atoms with Crippen LogP contribution in [-0.2, 0) is 9.59 Å². The predicted molar refractivity (Wildman–Crippen MR) is 115 cm³/mol. The third kappa shape index (κ3) is 2.67. The van der Waals surface area contributed by atoms with Crippen molar-refractivity contribution in [2.75, 3.05) is 17.3 Å². The molecule has 6 atom stereocenters. The number of imide groups is 1. The van der Waals surface area contributed by atoms with Crippen LogP contribution >= 0.6 is 0 Å². The van der Waals surface area contributed by atoms with Gasteiger partial charge in [-0.15, -0.1) is 0 Å². The van der Waals surface area contributed by atoms with Crippen LogP contribution in [0.15, 0.2) is 60.7 Å². The number of benzene rings is 2. The number of hydrogen-bond acceptors (Lipinski definition) is 4. The van der Waals surface area contributed by atoms with Gasteiger partial charge in [-0.05, 0) is 72.6 Å². The highest BCUT2D eigenvalue weighted by atomic mass is 16.5. The van der Waals surface area contributed by atoms with E-state index in [1.165, 1.54) is 4.90 Å². The fourth-order valence-corrected chi connectivity index (χ4v) is 5.88. The molecule has 31 heavy (non-hydrogen) atoms. The summed E-state index contributed by atoms with van der Waals surface area (Å²) in [5, 5.41) is 2.84. The van der Waals surface area contributed by atoms with E-state index in [1.807, 2.05) is 0 Å². The number of amides is 3. The second-order valence-electron chi connectivity index (χ2n) is 8.90. The van der Waals surface area contributed by atoms with E-state index in [1.54, 1.807) is 55.6 Å². The number of carbonyl (C=O) groups is 3. The fourth-order valence-electron chi connectivity index (χ4n) is 5.88. The second-order valence-corrected chi connectivity index (χ2v) is 8.90. The quantitative estimate of drug-likeness (QED) is 0.614. The normalized spacial score (nSPS) is 32.0. The number of hydrogen-bond donors (Lipinski definition) is 1. The average Bonchev–Trinajstić information content (AvgIpc) is 3.57. The van der Waals surface area contributed by atoms with E-state index in [-0.39, 0.29) is 41.4 Å². The minimum absolute atomic E-state index is 0.118. The number of ether oxygens (including phenoxy) is 1. The first-order valence-corrected chi connectivity index (χ1v) is 10.7. The van der Waals surface area contributed by atoms with Crippen LogP contribution in [0.4, 0.5) is 11.4 Å². The van der Waals surface area contributed by atoms with Crippen LogP contribution in [0.2, 0.25) is 0 Å². The van der Waals surface area contributed by atoms with E-state index in [0.717, 1.165) is 6.42 Å². The zero-order chi connectivity index (χ0) is 21.3. The lowest BCUT2D eigenvalue weighted by atomic mass is 9.63. The molecule has 2 saturated carbocycles. The largest absolute Gasteiger partial charge is 0.497 e. The Balaban J connectivity index is 1.26. The zero-order valence-corrected chi connectivity index (χ0v) is 17.0. The molecule has 3 fully saturated rings. The van der Waals surface area contributed by atoms with Crippen molar-refractivity contribution in [3.8, 4) is 5.75 Å². The summed E-state index contributed by atoms with van der Waals surface area (Å²) in [6.07, 6.45) is 5.46. The van der Waals surface area contributed by atoms with E-state index in [0.29, 0.717) is 34.5 Å². The molecule has 0 aromatic heterocycles. The van der Waals surface area contributed by atoms with E-state index < -0.39 is 0 Å². The maximum Gasteiger partial charge on any atom is 0.255 e. The number of methoxy groups -OCH3 is 1. The molecular formula is C25H22N2O4. The third-order valence-corrected chi connectivity index (χ3v) is 7.38. The van der Waals surface area contributed by atoms with E-state index in [2.05, 4.69) is 17.5 Å². The van der Waals surface area contributed by atoms with Crippen molar-refractivity contribution in [3.63, 3.8) is 0 Å². The topological polar surface area (TPSA) is 75.7 Å². The van der Waals surface area contributed by atoms with Crippen molar-refractivity contribution in [2.45, 2.75) is 6.42 Å². The first-order valence-electron chi connectivity index (χ1n) is 10.7. The Morgan fingerprint density at radius 3 is 2.23 bits per heavy atom. The predicted octanol–water partition coefficient (Wildman–Crippen LogP) is 3.51. The lowest BCUT2D eigenvalue weighted by Crippen LogP contribution is -2.40. The number of carbonyl (C=O) groups excluding carboxylic acids is 3. The molecule has 0 radical (unpaired) electrons. The van der Waals surface area contributed by atoms with Gasteiger partial charge in [0.05, 0.1) is 24.6 Å². The van der Waals surface area contributed by atoms with Crippen LogP contribution in [0.3, 0.4) is 0 Å². The number of rotatable bonds is 4.